The smallest absolute Gasteiger partial charge is 0.420 e. The van der Waals surface area contributed by atoms with E-state index in [1.807, 2.05) is 0 Å². The van der Waals surface area contributed by atoms with Gasteiger partial charge in [0.05, 0.1) is 41.5 Å². The molecule has 1 N–H and O–H groups in total. The maximum Gasteiger partial charge on any atom is 0.420 e. The third-order valence-electron chi connectivity index (χ3n) is 6.77. The number of pyridine rings is 1. The number of ether oxygens (including phenoxy) is 2. The first kappa shape index (κ1) is 32.3. The lowest BCUT2D eigenvalue weighted by Crippen LogP contribution is -2.44. The van der Waals surface area contributed by atoms with Crippen molar-refractivity contribution in [3.8, 4) is 23.1 Å². The first-order chi connectivity index (χ1) is 20.8. The van der Waals surface area contributed by atoms with Crippen LogP contribution < -0.4 is 14.5 Å². The number of carbonyl (C=O) groups is 2. The van der Waals surface area contributed by atoms with Gasteiger partial charge in [-0.15, -0.1) is 0 Å². The first-order valence-corrected chi connectivity index (χ1v) is 13.7. The quantitative estimate of drug-likeness (QED) is 0.156. The number of nitriles is 1. The minimum Gasteiger partial charge on any atom is -0.494 e. The van der Waals surface area contributed by atoms with E-state index in [9.17, 15) is 22.8 Å². The summed E-state index contributed by atoms with van der Waals surface area (Å²) in [6, 6.07) is 13.5. The third kappa shape index (κ3) is 6.63. The highest BCUT2D eigenvalue weighted by molar-refractivity contribution is 7.81. The Morgan fingerprint density at radius 2 is 1.77 bits per heavy atom. The Balaban J connectivity index is 1.48. The van der Waals surface area contributed by atoms with Gasteiger partial charge in [0.2, 0.25) is 0 Å². The molecule has 1 aliphatic heterocycles. The Kier molecular flexibility index (Phi) is 9.50. The minimum atomic E-state index is -5.17. The molecule has 1 amide bonds. The van der Waals surface area contributed by atoms with E-state index in [4.69, 9.17) is 32.1 Å². The maximum absolute atomic E-state index is 15.2. The fourth-order valence-corrected chi connectivity index (χ4v) is 5.13. The molecule has 1 aromatic heterocycles. The molecule has 0 bridgehead atoms. The van der Waals surface area contributed by atoms with E-state index in [2.05, 4.69) is 4.98 Å². The summed E-state index contributed by atoms with van der Waals surface area (Å²) < 4.78 is 66.7. The number of aromatic nitrogens is 1. The van der Waals surface area contributed by atoms with Gasteiger partial charge in [0, 0.05) is 12.2 Å². The van der Waals surface area contributed by atoms with E-state index in [0.29, 0.717) is 48.1 Å². The standard InChI is InChI=1S/C30H26F4N4O5S/c1-29(2)27(41)37(23-12-7-19(15-35)25(26(23)31)30(32,33)34)28(44)38(29)20-8-11-22(36-16-20)18-5-9-21(10-6-18)43-14-4-3-13-42-17-24(39)40/h5-12,16H,3-4,13-14,17H2,1-2H3,(H,39,40). The molecule has 9 nitrogen and oxygen atoms in total. The second-order valence-electron chi connectivity index (χ2n) is 10.2. The van der Waals surface area contributed by atoms with Gasteiger partial charge < -0.3 is 19.5 Å². The minimum absolute atomic E-state index is 0.249. The van der Waals surface area contributed by atoms with Gasteiger partial charge in [-0.25, -0.2) is 9.18 Å². The van der Waals surface area contributed by atoms with Gasteiger partial charge in [-0.1, -0.05) is 0 Å². The van der Waals surface area contributed by atoms with E-state index in [0.717, 1.165) is 17.7 Å². The Morgan fingerprint density at radius 1 is 1.09 bits per heavy atom. The van der Waals surface area contributed by atoms with Crippen LogP contribution in [-0.2, 0) is 20.5 Å². The number of benzene rings is 2. The zero-order chi connectivity index (χ0) is 32.2. The van der Waals surface area contributed by atoms with Crippen molar-refractivity contribution in [3.63, 3.8) is 0 Å². The number of aliphatic carboxylic acids is 1. The van der Waals surface area contributed by atoms with Gasteiger partial charge in [-0.2, -0.15) is 18.4 Å². The number of rotatable bonds is 11. The van der Waals surface area contributed by atoms with Crippen LogP contribution in [0.4, 0.5) is 28.9 Å². The van der Waals surface area contributed by atoms with Crippen molar-refractivity contribution in [2.75, 3.05) is 29.6 Å². The monoisotopic (exact) mass is 630 g/mol. The number of anilines is 2. The molecule has 4 rings (SSSR count). The summed E-state index contributed by atoms with van der Waals surface area (Å²) in [7, 11) is 0. The molecule has 0 unspecified atom stereocenters. The number of nitrogens with zero attached hydrogens (tertiary/aromatic N) is 4. The van der Waals surface area contributed by atoms with Crippen molar-refractivity contribution < 1.29 is 41.7 Å². The lowest BCUT2D eigenvalue weighted by atomic mass is 10.0. The number of unbranched alkanes of at least 4 members (excludes halogenated alkanes) is 1. The van der Waals surface area contributed by atoms with Crippen LogP contribution in [0.2, 0.25) is 0 Å². The van der Waals surface area contributed by atoms with E-state index in [1.54, 1.807) is 36.4 Å². The molecule has 14 heteroatoms. The predicted octanol–water partition coefficient (Wildman–Crippen LogP) is 5.96. The average molecular weight is 631 g/mol. The summed E-state index contributed by atoms with van der Waals surface area (Å²) in [5, 5.41) is 17.4. The molecule has 2 heterocycles. The highest BCUT2D eigenvalue weighted by Gasteiger charge is 2.52. The molecule has 0 aliphatic carbocycles. The number of thiocarbonyl (C=S) groups is 1. The van der Waals surface area contributed by atoms with Gasteiger partial charge in [-0.05, 0) is 87.4 Å². The van der Waals surface area contributed by atoms with E-state index >= 15 is 4.39 Å². The van der Waals surface area contributed by atoms with Gasteiger partial charge in [0.15, 0.2) is 10.9 Å². The molecular weight excluding hydrogens is 604 g/mol. The van der Waals surface area contributed by atoms with Crippen molar-refractivity contribution in [1.29, 1.82) is 5.26 Å². The number of hydrogen-bond acceptors (Lipinski definition) is 7. The number of halogens is 4. The molecule has 1 saturated heterocycles. The van der Waals surface area contributed by atoms with Gasteiger partial charge in [-0.3, -0.25) is 14.7 Å². The van der Waals surface area contributed by atoms with Crippen LogP contribution in [0, 0.1) is 17.1 Å². The van der Waals surface area contributed by atoms with Crippen LogP contribution in [0.3, 0.4) is 0 Å². The lowest BCUT2D eigenvalue weighted by Gasteiger charge is -2.29. The van der Waals surface area contributed by atoms with Crippen LogP contribution >= 0.6 is 12.2 Å². The lowest BCUT2D eigenvalue weighted by molar-refractivity contribution is -0.142. The van der Waals surface area contributed by atoms with E-state index in [-0.39, 0.29) is 11.7 Å². The number of carboxylic acid groups (broad SMARTS) is 1. The largest absolute Gasteiger partial charge is 0.494 e. The van der Waals surface area contributed by atoms with Crippen LogP contribution in [0.1, 0.15) is 37.8 Å². The molecule has 3 aromatic rings. The van der Waals surface area contributed by atoms with Gasteiger partial charge in [0.1, 0.15) is 23.5 Å². The number of carboxylic acids is 1. The van der Waals surface area contributed by atoms with E-state index in [1.165, 1.54) is 31.0 Å². The first-order valence-electron chi connectivity index (χ1n) is 13.2. The molecule has 230 valence electrons. The van der Waals surface area contributed by atoms with Crippen molar-refractivity contribution in [1.82, 2.24) is 4.98 Å². The summed E-state index contributed by atoms with van der Waals surface area (Å²) in [5.74, 6) is -2.91. The summed E-state index contributed by atoms with van der Waals surface area (Å²) in [6.07, 6.45) is -2.39. The number of carbonyl (C=O) groups excluding carboxylic acids is 1. The van der Waals surface area contributed by atoms with E-state index < -0.39 is 46.2 Å². The summed E-state index contributed by atoms with van der Waals surface area (Å²) in [4.78, 5) is 30.4. The summed E-state index contributed by atoms with van der Waals surface area (Å²) >= 11 is 5.47. The van der Waals surface area contributed by atoms with Crippen LogP contribution in [0.25, 0.3) is 11.3 Å². The second-order valence-corrected chi connectivity index (χ2v) is 10.5. The Bertz CT molecular complexity index is 1610. The Hall–Kier alpha value is -4.61. The molecular formula is C30H26F4N4O5S. The van der Waals surface area contributed by atoms with Crippen molar-refractivity contribution in [2.45, 2.75) is 38.4 Å². The fraction of sp³-hybridized carbons (Fsp3) is 0.300. The Morgan fingerprint density at radius 3 is 2.36 bits per heavy atom. The molecule has 0 atom stereocenters. The fourth-order valence-electron chi connectivity index (χ4n) is 4.62. The molecule has 0 saturated carbocycles. The Labute approximate surface area is 255 Å². The highest BCUT2D eigenvalue weighted by Crippen LogP contribution is 2.42. The molecule has 1 aliphatic rings. The van der Waals surface area contributed by atoms with Crippen LogP contribution in [0.5, 0.6) is 5.75 Å². The molecule has 2 aromatic carbocycles. The normalized spacial score (nSPS) is 14.6. The molecule has 44 heavy (non-hydrogen) atoms. The second kappa shape index (κ2) is 12.9. The summed E-state index contributed by atoms with van der Waals surface area (Å²) in [6.45, 7) is 3.43. The van der Waals surface area contributed by atoms with Gasteiger partial charge >= 0.3 is 12.1 Å². The topological polar surface area (TPSA) is 116 Å². The van der Waals surface area contributed by atoms with Crippen molar-refractivity contribution in [2.24, 2.45) is 0 Å². The molecule has 1 fully saturated rings. The third-order valence-corrected chi connectivity index (χ3v) is 7.13. The SMILES string of the molecule is CC1(C)C(=O)N(c2ccc(C#N)c(C(F)(F)F)c2F)C(=S)N1c1ccc(-c2ccc(OCCCCOCC(=O)O)cc2)nc1. The average Bonchev–Trinajstić information content (AvgIpc) is 3.14. The van der Waals surface area contributed by atoms with Crippen LogP contribution in [-0.4, -0.2) is 52.4 Å². The number of hydrogen-bond donors (Lipinski definition) is 1. The number of amides is 1. The number of alkyl halides is 3. The van der Waals surface area contributed by atoms with Crippen molar-refractivity contribution >= 4 is 40.6 Å². The zero-order valence-electron chi connectivity index (χ0n) is 23.5. The zero-order valence-corrected chi connectivity index (χ0v) is 24.3. The summed E-state index contributed by atoms with van der Waals surface area (Å²) in [5.41, 5.74) is -3.10. The van der Waals surface area contributed by atoms with Gasteiger partial charge in [0.25, 0.3) is 5.91 Å². The predicted molar refractivity (Wildman–Crippen MR) is 156 cm³/mol. The molecule has 0 spiro atoms. The maximum atomic E-state index is 15.2. The molecule has 0 radical (unpaired) electrons. The van der Waals surface area contributed by atoms with Crippen LogP contribution in [0.15, 0.2) is 54.7 Å². The van der Waals surface area contributed by atoms with Crippen molar-refractivity contribution in [3.05, 3.63) is 71.7 Å². The highest BCUT2D eigenvalue weighted by atomic mass is 32.1.